The van der Waals surface area contributed by atoms with Gasteiger partial charge in [0.05, 0.1) is 24.5 Å². The lowest BCUT2D eigenvalue weighted by atomic mass is 10.0. The second-order valence-electron chi connectivity index (χ2n) is 5.51. The molecule has 2 aromatic carbocycles. The van der Waals surface area contributed by atoms with Crippen molar-refractivity contribution in [2.45, 2.75) is 6.04 Å². The van der Waals surface area contributed by atoms with Gasteiger partial charge in [-0.25, -0.2) is 13.2 Å². The maximum Gasteiger partial charge on any atom is 0.238 e. The molecular weight excluding hydrogens is 345 g/mol. The first kappa shape index (κ1) is 17.8. The van der Waals surface area contributed by atoms with Crippen LogP contribution in [0.4, 0.5) is 18.9 Å². The number of benzene rings is 2. The van der Waals surface area contributed by atoms with Gasteiger partial charge in [0, 0.05) is 0 Å². The van der Waals surface area contributed by atoms with Gasteiger partial charge in [-0.1, -0.05) is 30.3 Å². The van der Waals surface area contributed by atoms with E-state index in [-0.39, 0.29) is 6.54 Å². The van der Waals surface area contributed by atoms with Crippen LogP contribution in [-0.4, -0.2) is 12.5 Å². The standard InChI is InChI=1S/C19H15F3N2O2/c20-13-8-9-14(18(22)17(13)21)24-16(25)11-23-19(15-7-4-10-26-15)12-5-2-1-3-6-12/h1-10,19,23H,11H2,(H,24,25)/t19-/m1/s1. The zero-order valence-corrected chi connectivity index (χ0v) is 13.5. The largest absolute Gasteiger partial charge is 0.467 e. The van der Waals surface area contributed by atoms with E-state index in [2.05, 4.69) is 10.6 Å². The van der Waals surface area contributed by atoms with Gasteiger partial charge in [-0.05, 0) is 29.8 Å². The third kappa shape index (κ3) is 3.94. The summed E-state index contributed by atoms with van der Waals surface area (Å²) in [6.45, 7) is -0.196. The Balaban J connectivity index is 1.70. The Morgan fingerprint density at radius 3 is 2.42 bits per heavy atom. The molecule has 1 amide bonds. The van der Waals surface area contributed by atoms with Crippen LogP contribution in [0.2, 0.25) is 0 Å². The minimum absolute atomic E-state index is 0.196. The molecule has 0 aliphatic heterocycles. The van der Waals surface area contributed by atoms with Crippen molar-refractivity contribution in [3.05, 3.63) is 89.6 Å². The first-order valence-electron chi connectivity index (χ1n) is 7.81. The van der Waals surface area contributed by atoms with Crippen LogP contribution in [0.3, 0.4) is 0 Å². The van der Waals surface area contributed by atoms with Gasteiger partial charge in [0.15, 0.2) is 17.5 Å². The summed E-state index contributed by atoms with van der Waals surface area (Å²) in [6.07, 6.45) is 1.52. The third-order valence-corrected chi connectivity index (χ3v) is 3.74. The molecular formula is C19H15F3N2O2. The van der Waals surface area contributed by atoms with Crippen LogP contribution in [0.1, 0.15) is 17.4 Å². The molecule has 7 heteroatoms. The van der Waals surface area contributed by atoms with Crippen LogP contribution < -0.4 is 10.6 Å². The van der Waals surface area contributed by atoms with Crippen LogP contribution in [0, 0.1) is 17.5 Å². The Bertz CT molecular complexity index is 883. The number of nitrogens with one attached hydrogen (secondary N) is 2. The van der Waals surface area contributed by atoms with E-state index in [9.17, 15) is 18.0 Å². The quantitative estimate of drug-likeness (QED) is 0.653. The number of rotatable bonds is 6. The molecule has 0 saturated heterocycles. The molecule has 0 unspecified atom stereocenters. The molecule has 0 saturated carbocycles. The average Bonchev–Trinajstić information content (AvgIpc) is 3.18. The first-order valence-corrected chi connectivity index (χ1v) is 7.81. The highest BCUT2D eigenvalue weighted by molar-refractivity contribution is 5.92. The Morgan fingerprint density at radius 1 is 0.962 bits per heavy atom. The molecule has 0 radical (unpaired) electrons. The van der Waals surface area contributed by atoms with Crippen molar-refractivity contribution in [3.63, 3.8) is 0 Å². The lowest BCUT2D eigenvalue weighted by Gasteiger charge is -2.17. The summed E-state index contributed by atoms with van der Waals surface area (Å²) in [5, 5.41) is 5.22. The number of carbonyl (C=O) groups excluding carboxylic acids is 1. The highest BCUT2D eigenvalue weighted by atomic mass is 19.2. The number of hydrogen-bond acceptors (Lipinski definition) is 3. The van der Waals surface area contributed by atoms with Crippen LogP contribution >= 0.6 is 0 Å². The molecule has 26 heavy (non-hydrogen) atoms. The Morgan fingerprint density at radius 2 is 1.73 bits per heavy atom. The van der Waals surface area contributed by atoms with Crippen molar-refractivity contribution < 1.29 is 22.4 Å². The molecule has 134 valence electrons. The molecule has 1 atom stereocenters. The minimum atomic E-state index is -1.63. The molecule has 4 nitrogen and oxygen atoms in total. The molecule has 1 heterocycles. The lowest BCUT2D eigenvalue weighted by molar-refractivity contribution is -0.115. The highest BCUT2D eigenvalue weighted by Crippen LogP contribution is 2.22. The van der Waals surface area contributed by atoms with Crippen molar-refractivity contribution in [1.82, 2.24) is 5.32 Å². The Hall–Kier alpha value is -3.06. The van der Waals surface area contributed by atoms with Gasteiger partial charge in [-0.3, -0.25) is 10.1 Å². The van der Waals surface area contributed by atoms with Crippen LogP contribution in [0.5, 0.6) is 0 Å². The molecule has 1 aromatic heterocycles. The SMILES string of the molecule is O=C(CN[C@H](c1ccccc1)c1ccco1)Nc1ccc(F)c(F)c1F. The monoisotopic (exact) mass is 360 g/mol. The van der Waals surface area contributed by atoms with Crippen LogP contribution in [0.25, 0.3) is 0 Å². The van der Waals surface area contributed by atoms with Crippen LogP contribution in [-0.2, 0) is 4.79 Å². The van der Waals surface area contributed by atoms with Gasteiger partial charge in [-0.2, -0.15) is 0 Å². The van der Waals surface area contributed by atoms with E-state index in [0.29, 0.717) is 5.76 Å². The smallest absolute Gasteiger partial charge is 0.238 e. The van der Waals surface area contributed by atoms with E-state index in [0.717, 1.165) is 17.7 Å². The summed E-state index contributed by atoms with van der Waals surface area (Å²) in [5.41, 5.74) is 0.444. The Kier molecular flexibility index (Phi) is 5.38. The van der Waals surface area contributed by atoms with Crippen molar-refractivity contribution in [2.24, 2.45) is 0 Å². The van der Waals surface area contributed by atoms with Gasteiger partial charge in [0.2, 0.25) is 5.91 Å². The summed E-state index contributed by atoms with van der Waals surface area (Å²) >= 11 is 0. The van der Waals surface area contributed by atoms with E-state index in [4.69, 9.17) is 4.42 Å². The van der Waals surface area contributed by atoms with E-state index in [1.165, 1.54) is 6.26 Å². The normalized spacial score (nSPS) is 12.0. The van der Waals surface area contributed by atoms with Gasteiger partial charge in [0.25, 0.3) is 0 Å². The second-order valence-corrected chi connectivity index (χ2v) is 5.51. The zero-order chi connectivity index (χ0) is 18.5. The van der Waals surface area contributed by atoms with E-state index >= 15 is 0 Å². The summed E-state index contributed by atoms with van der Waals surface area (Å²) in [7, 11) is 0. The summed E-state index contributed by atoms with van der Waals surface area (Å²) in [5.74, 6) is -4.40. The molecule has 0 aliphatic rings. The summed E-state index contributed by atoms with van der Waals surface area (Å²) in [4.78, 5) is 12.1. The predicted octanol–water partition coefficient (Wildman–Crippen LogP) is 4.01. The number of furan rings is 1. The third-order valence-electron chi connectivity index (χ3n) is 3.74. The van der Waals surface area contributed by atoms with Crippen molar-refractivity contribution in [2.75, 3.05) is 11.9 Å². The van der Waals surface area contributed by atoms with Crippen molar-refractivity contribution in [1.29, 1.82) is 0 Å². The predicted molar refractivity (Wildman–Crippen MR) is 89.9 cm³/mol. The topological polar surface area (TPSA) is 54.3 Å². The Labute approximate surface area is 147 Å². The molecule has 2 N–H and O–H groups in total. The zero-order valence-electron chi connectivity index (χ0n) is 13.5. The van der Waals surface area contributed by atoms with Crippen molar-refractivity contribution in [3.8, 4) is 0 Å². The molecule has 0 aliphatic carbocycles. The van der Waals surface area contributed by atoms with Crippen molar-refractivity contribution >= 4 is 11.6 Å². The second kappa shape index (κ2) is 7.88. The first-order chi connectivity index (χ1) is 12.6. The fourth-order valence-corrected chi connectivity index (χ4v) is 2.50. The summed E-state index contributed by atoms with van der Waals surface area (Å²) in [6, 6.07) is 14.1. The average molecular weight is 360 g/mol. The van der Waals surface area contributed by atoms with E-state index in [1.807, 2.05) is 30.3 Å². The van der Waals surface area contributed by atoms with E-state index in [1.54, 1.807) is 12.1 Å². The molecule has 0 fully saturated rings. The number of amides is 1. The molecule has 3 aromatic rings. The lowest BCUT2D eigenvalue weighted by Crippen LogP contribution is -2.32. The minimum Gasteiger partial charge on any atom is -0.467 e. The summed E-state index contributed by atoms with van der Waals surface area (Å²) < 4.78 is 45.2. The number of carbonyl (C=O) groups is 1. The highest BCUT2D eigenvalue weighted by Gasteiger charge is 2.19. The molecule has 0 bridgehead atoms. The van der Waals surface area contributed by atoms with Gasteiger partial charge < -0.3 is 9.73 Å². The maximum absolute atomic E-state index is 13.6. The van der Waals surface area contributed by atoms with Crippen LogP contribution in [0.15, 0.2) is 65.3 Å². The molecule has 3 rings (SSSR count). The van der Waals surface area contributed by atoms with E-state index < -0.39 is 35.1 Å². The fourth-order valence-electron chi connectivity index (χ4n) is 2.50. The molecule has 0 spiro atoms. The number of halogens is 3. The van der Waals surface area contributed by atoms with Gasteiger partial charge in [0.1, 0.15) is 5.76 Å². The fraction of sp³-hybridized carbons (Fsp3) is 0.105. The number of hydrogen-bond donors (Lipinski definition) is 2. The van der Waals surface area contributed by atoms with Gasteiger partial charge in [-0.15, -0.1) is 0 Å². The van der Waals surface area contributed by atoms with Gasteiger partial charge >= 0.3 is 0 Å². The maximum atomic E-state index is 13.6. The number of anilines is 1.